The lowest BCUT2D eigenvalue weighted by molar-refractivity contribution is -0.116. The van der Waals surface area contributed by atoms with E-state index in [1.165, 1.54) is 6.33 Å². The molecule has 2 heterocycles. The largest absolute Gasteiger partial charge is 0.421 e. The molecule has 3 rings (SSSR count). The summed E-state index contributed by atoms with van der Waals surface area (Å²) >= 11 is 0. The predicted octanol–water partition coefficient (Wildman–Crippen LogP) is 1.43. The molecule has 0 radical (unpaired) electrons. The Morgan fingerprint density at radius 2 is 2.10 bits per heavy atom. The quantitative estimate of drug-likeness (QED) is 0.733. The topological polar surface area (TPSA) is 110 Å². The van der Waals surface area contributed by atoms with E-state index in [1.807, 2.05) is 30.3 Å². The Morgan fingerprint density at radius 3 is 2.86 bits per heavy atom. The van der Waals surface area contributed by atoms with Crippen LogP contribution < -0.4 is 5.32 Å². The molecule has 106 valence electrons. The minimum atomic E-state index is -0.203. The van der Waals surface area contributed by atoms with Gasteiger partial charge in [0, 0.05) is 18.4 Å². The second-order valence-corrected chi connectivity index (χ2v) is 4.25. The Morgan fingerprint density at radius 1 is 1.24 bits per heavy atom. The van der Waals surface area contributed by atoms with Crippen LogP contribution in [0.2, 0.25) is 0 Å². The highest BCUT2D eigenvalue weighted by atomic mass is 16.4. The molecule has 2 N–H and O–H groups in total. The summed E-state index contributed by atoms with van der Waals surface area (Å²) in [6, 6.07) is 9.46. The number of hydrogen-bond acceptors (Lipinski definition) is 6. The van der Waals surface area contributed by atoms with E-state index in [9.17, 15) is 4.79 Å². The van der Waals surface area contributed by atoms with E-state index in [0.29, 0.717) is 24.2 Å². The number of anilines is 1. The maximum Gasteiger partial charge on any atom is 0.247 e. The summed E-state index contributed by atoms with van der Waals surface area (Å²) in [5.74, 6) is 0.976. The molecular weight excluding hydrogens is 272 g/mol. The van der Waals surface area contributed by atoms with Crippen LogP contribution in [0.5, 0.6) is 0 Å². The number of rotatable bonds is 5. The lowest BCUT2D eigenvalue weighted by Gasteiger charge is -1.98. The molecule has 3 aromatic rings. The molecule has 0 unspecified atom stereocenters. The van der Waals surface area contributed by atoms with Gasteiger partial charge in [0.15, 0.2) is 0 Å². The van der Waals surface area contributed by atoms with Gasteiger partial charge in [-0.1, -0.05) is 18.2 Å². The number of H-pyrrole nitrogens is 1. The number of aromatic amines is 1. The molecule has 21 heavy (non-hydrogen) atoms. The van der Waals surface area contributed by atoms with Crippen LogP contribution in [0.4, 0.5) is 5.95 Å². The summed E-state index contributed by atoms with van der Waals surface area (Å²) in [5, 5.41) is 16.7. The van der Waals surface area contributed by atoms with Gasteiger partial charge >= 0.3 is 0 Å². The smallest absolute Gasteiger partial charge is 0.247 e. The number of aryl methyl sites for hydroxylation is 1. The fourth-order valence-corrected chi connectivity index (χ4v) is 1.73. The molecule has 0 aliphatic heterocycles. The molecule has 0 aliphatic carbocycles. The lowest BCUT2D eigenvalue weighted by Crippen LogP contribution is -2.13. The third-order valence-corrected chi connectivity index (χ3v) is 2.73. The van der Waals surface area contributed by atoms with Crippen molar-refractivity contribution >= 4 is 11.9 Å². The number of hydrogen-bond donors (Lipinski definition) is 2. The minimum Gasteiger partial charge on any atom is -0.421 e. The van der Waals surface area contributed by atoms with Gasteiger partial charge in [0.2, 0.25) is 23.6 Å². The highest BCUT2D eigenvalue weighted by Crippen LogP contribution is 2.17. The Balaban J connectivity index is 1.56. The monoisotopic (exact) mass is 284 g/mol. The van der Waals surface area contributed by atoms with Crippen LogP contribution in [0.1, 0.15) is 12.3 Å². The zero-order chi connectivity index (χ0) is 14.5. The molecule has 0 saturated carbocycles. The molecule has 1 aromatic carbocycles. The number of benzene rings is 1. The summed E-state index contributed by atoms with van der Waals surface area (Å²) in [6.07, 6.45) is 1.90. The van der Waals surface area contributed by atoms with Gasteiger partial charge in [-0.25, -0.2) is 5.10 Å². The van der Waals surface area contributed by atoms with Crippen molar-refractivity contribution in [3.05, 3.63) is 42.5 Å². The Labute approximate surface area is 119 Å². The molecule has 0 saturated heterocycles. The van der Waals surface area contributed by atoms with Gasteiger partial charge in [-0.3, -0.25) is 10.1 Å². The standard InChI is InChI=1S/C13H12N6O2/c20-10(16-13-14-8-15-19-13)6-7-11-17-18-12(21-11)9-4-2-1-3-5-9/h1-5,8H,6-7H2,(H2,14,15,16,19,20). The van der Waals surface area contributed by atoms with E-state index in [2.05, 4.69) is 30.7 Å². The van der Waals surface area contributed by atoms with Crippen LogP contribution in [-0.2, 0) is 11.2 Å². The molecule has 0 fully saturated rings. The van der Waals surface area contributed by atoms with Gasteiger partial charge in [0.25, 0.3) is 0 Å². The molecule has 1 amide bonds. The minimum absolute atomic E-state index is 0.203. The average Bonchev–Trinajstić information content (AvgIpc) is 3.17. The van der Waals surface area contributed by atoms with Crippen molar-refractivity contribution < 1.29 is 9.21 Å². The van der Waals surface area contributed by atoms with Crippen molar-refractivity contribution in [2.45, 2.75) is 12.8 Å². The first-order chi connectivity index (χ1) is 10.3. The summed E-state index contributed by atoms with van der Waals surface area (Å²) in [5.41, 5.74) is 0.849. The first-order valence-electron chi connectivity index (χ1n) is 6.34. The molecule has 0 atom stereocenters. The highest BCUT2D eigenvalue weighted by molar-refractivity contribution is 5.88. The van der Waals surface area contributed by atoms with Crippen LogP contribution in [0.15, 0.2) is 41.1 Å². The summed E-state index contributed by atoms with van der Waals surface area (Å²) < 4.78 is 5.52. The van der Waals surface area contributed by atoms with Crippen molar-refractivity contribution in [3.63, 3.8) is 0 Å². The maximum absolute atomic E-state index is 11.7. The van der Waals surface area contributed by atoms with Crippen molar-refractivity contribution in [2.24, 2.45) is 0 Å². The number of carbonyl (C=O) groups excluding carboxylic acids is 1. The zero-order valence-corrected chi connectivity index (χ0v) is 11.0. The predicted molar refractivity (Wildman–Crippen MR) is 73.1 cm³/mol. The SMILES string of the molecule is O=C(CCc1nnc(-c2ccccc2)o1)Nc1ncn[nH]1. The number of carbonyl (C=O) groups is 1. The number of nitrogens with one attached hydrogen (secondary N) is 2. The number of aromatic nitrogens is 5. The van der Waals surface area contributed by atoms with Crippen molar-refractivity contribution in [3.8, 4) is 11.5 Å². The molecule has 0 aliphatic rings. The van der Waals surface area contributed by atoms with Crippen LogP contribution in [0, 0.1) is 0 Å². The van der Waals surface area contributed by atoms with E-state index in [-0.39, 0.29) is 12.3 Å². The fraction of sp³-hybridized carbons (Fsp3) is 0.154. The fourth-order valence-electron chi connectivity index (χ4n) is 1.73. The number of nitrogens with zero attached hydrogens (tertiary/aromatic N) is 4. The van der Waals surface area contributed by atoms with Crippen molar-refractivity contribution in [2.75, 3.05) is 5.32 Å². The van der Waals surface area contributed by atoms with Gasteiger partial charge in [-0.2, -0.15) is 10.1 Å². The second kappa shape index (κ2) is 5.95. The van der Waals surface area contributed by atoms with Gasteiger partial charge in [0.1, 0.15) is 6.33 Å². The van der Waals surface area contributed by atoms with Crippen LogP contribution in [0.3, 0.4) is 0 Å². The molecular formula is C13H12N6O2. The van der Waals surface area contributed by atoms with E-state index < -0.39 is 0 Å². The Bertz CT molecular complexity index is 707. The van der Waals surface area contributed by atoms with E-state index >= 15 is 0 Å². The van der Waals surface area contributed by atoms with Gasteiger partial charge in [-0.05, 0) is 12.1 Å². The summed E-state index contributed by atoms with van der Waals surface area (Å²) in [6.45, 7) is 0. The van der Waals surface area contributed by atoms with Gasteiger partial charge in [0.05, 0.1) is 0 Å². The molecule has 2 aromatic heterocycles. The third kappa shape index (κ3) is 3.30. The summed E-state index contributed by atoms with van der Waals surface area (Å²) in [4.78, 5) is 15.5. The summed E-state index contributed by atoms with van der Waals surface area (Å²) in [7, 11) is 0. The third-order valence-electron chi connectivity index (χ3n) is 2.73. The van der Waals surface area contributed by atoms with Crippen LogP contribution >= 0.6 is 0 Å². The maximum atomic E-state index is 11.7. The molecule has 0 bridgehead atoms. The Hall–Kier alpha value is -3.03. The normalized spacial score (nSPS) is 10.5. The first-order valence-corrected chi connectivity index (χ1v) is 6.34. The van der Waals surface area contributed by atoms with Gasteiger partial charge in [-0.15, -0.1) is 10.2 Å². The van der Waals surface area contributed by atoms with Crippen molar-refractivity contribution in [1.82, 2.24) is 25.4 Å². The average molecular weight is 284 g/mol. The lowest BCUT2D eigenvalue weighted by atomic mass is 10.2. The zero-order valence-electron chi connectivity index (χ0n) is 11.0. The van der Waals surface area contributed by atoms with Gasteiger partial charge < -0.3 is 4.42 Å². The molecule has 0 spiro atoms. The van der Waals surface area contributed by atoms with Crippen LogP contribution in [-0.4, -0.2) is 31.3 Å². The number of amides is 1. The molecule has 8 nitrogen and oxygen atoms in total. The van der Waals surface area contributed by atoms with E-state index in [1.54, 1.807) is 0 Å². The van der Waals surface area contributed by atoms with Crippen LogP contribution in [0.25, 0.3) is 11.5 Å². The van der Waals surface area contributed by atoms with E-state index in [4.69, 9.17) is 4.42 Å². The first kappa shape index (κ1) is 13.0. The Kier molecular flexibility index (Phi) is 3.68. The highest BCUT2D eigenvalue weighted by Gasteiger charge is 2.11. The van der Waals surface area contributed by atoms with E-state index in [0.717, 1.165) is 5.56 Å². The van der Waals surface area contributed by atoms with Crippen molar-refractivity contribution in [1.29, 1.82) is 0 Å². The molecule has 8 heteroatoms. The second-order valence-electron chi connectivity index (χ2n) is 4.25.